The zero-order valence-corrected chi connectivity index (χ0v) is 13.3. The lowest BCUT2D eigenvalue weighted by atomic mass is 10.0. The summed E-state index contributed by atoms with van der Waals surface area (Å²) in [7, 11) is 0. The zero-order chi connectivity index (χ0) is 14.9. The SMILES string of the molecule is CC(C)n1ncc(Cl)c1C(NN)c1cc(Cl)ccc1Cl. The first-order chi connectivity index (χ1) is 9.45. The normalized spacial score (nSPS) is 12.9. The number of benzene rings is 1. The van der Waals surface area contributed by atoms with Gasteiger partial charge in [-0.1, -0.05) is 34.8 Å². The number of nitrogens with one attached hydrogen (secondary N) is 1. The van der Waals surface area contributed by atoms with Gasteiger partial charge in [0.1, 0.15) is 0 Å². The van der Waals surface area contributed by atoms with Crippen LogP contribution in [0, 0.1) is 0 Å². The number of hydrogen-bond acceptors (Lipinski definition) is 3. The van der Waals surface area contributed by atoms with Crippen molar-refractivity contribution in [2.24, 2.45) is 5.84 Å². The molecule has 2 aromatic rings. The van der Waals surface area contributed by atoms with E-state index in [1.54, 1.807) is 24.4 Å². The van der Waals surface area contributed by atoms with Gasteiger partial charge < -0.3 is 0 Å². The molecule has 0 amide bonds. The lowest BCUT2D eigenvalue weighted by Gasteiger charge is -2.21. The molecule has 0 saturated carbocycles. The second-order valence-electron chi connectivity index (χ2n) is 4.68. The molecule has 0 aliphatic rings. The first-order valence-corrected chi connectivity index (χ1v) is 7.23. The van der Waals surface area contributed by atoms with Crippen molar-refractivity contribution in [2.45, 2.75) is 25.9 Å². The van der Waals surface area contributed by atoms with Crippen molar-refractivity contribution in [1.29, 1.82) is 0 Å². The zero-order valence-electron chi connectivity index (χ0n) is 11.1. The van der Waals surface area contributed by atoms with Crippen LogP contribution in [0.2, 0.25) is 15.1 Å². The predicted molar refractivity (Wildman–Crippen MR) is 83.3 cm³/mol. The topological polar surface area (TPSA) is 55.9 Å². The van der Waals surface area contributed by atoms with E-state index in [2.05, 4.69) is 10.5 Å². The molecule has 0 bridgehead atoms. The van der Waals surface area contributed by atoms with Crippen LogP contribution in [0.1, 0.15) is 37.2 Å². The summed E-state index contributed by atoms with van der Waals surface area (Å²) in [6.45, 7) is 4.03. The van der Waals surface area contributed by atoms with Crippen molar-refractivity contribution < 1.29 is 0 Å². The predicted octanol–water partition coefficient (Wildman–Crippen LogP) is 3.98. The Bertz CT molecular complexity index is 610. The Morgan fingerprint density at radius 3 is 2.50 bits per heavy atom. The van der Waals surface area contributed by atoms with Crippen LogP contribution in [0.15, 0.2) is 24.4 Å². The van der Waals surface area contributed by atoms with Crippen LogP contribution < -0.4 is 11.3 Å². The van der Waals surface area contributed by atoms with Gasteiger partial charge in [0, 0.05) is 16.1 Å². The molecule has 2 rings (SSSR count). The highest BCUT2D eigenvalue weighted by atomic mass is 35.5. The van der Waals surface area contributed by atoms with E-state index in [1.807, 2.05) is 18.5 Å². The van der Waals surface area contributed by atoms with Crippen LogP contribution in [0.4, 0.5) is 0 Å². The van der Waals surface area contributed by atoms with Crippen LogP contribution >= 0.6 is 34.8 Å². The Labute approximate surface area is 132 Å². The minimum atomic E-state index is -0.390. The number of hydrazine groups is 1. The van der Waals surface area contributed by atoms with E-state index in [0.29, 0.717) is 15.1 Å². The first-order valence-electron chi connectivity index (χ1n) is 6.09. The van der Waals surface area contributed by atoms with E-state index in [1.165, 1.54) is 0 Å². The molecule has 4 nitrogen and oxygen atoms in total. The van der Waals surface area contributed by atoms with E-state index >= 15 is 0 Å². The third-order valence-corrected chi connectivity index (χ3v) is 3.86. The van der Waals surface area contributed by atoms with Gasteiger partial charge >= 0.3 is 0 Å². The Kier molecular flexibility index (Phi) is 4.94. The van der Waals surface area contributed by atoms with Crippen molar-refractivity contribution in [3.05, 3.63) is 50.7 Å². The number of aromatic nitrogens is 2. The molecule has 1 aromatic carbocycles. The van der Waals surface area contributed by atoms with E-state index in [9.17, 15) is 0 Å². The molecule has 0 radical (unpaired) electrons. The molecule has 20 heavy (non-hydrogen) atoms. The fourth-order valence-corrected chi connectivity index (χ4v) is 2.73. The lowest BCUT2D eigenvalue weighted by Crippen LogP contribution is -2.31. The van der Waals surface area contributed by atoms with Gasteiger partial charge in [-0.05, 0) is 37.6 Å². The van der Waals surface area contributed by atoms with Gasteiger partial charge in [-0.25, -0.2) is 5.43 Å². The summed E-state index contributed by atoms with van der Waals surface area (Å²) >= 11 is 18.5. The van der Waals surface area contributed by atoms with E-state index in [-0.39, 0.29) is 6.04 Å². The van der Waals surface area contributed by atoms with Crippen LogP contribution in [0.25, 0.3) is 0 Å². The highest BCUT2D eigenvalue weighted by Gasteiger charge is 2.24. The second-order valence-corrected chi connectivity index (χ2v) is 5.93. The van der Waals surface area contributed by atoms with Gasteiger partial charge in [-0.3, -0.25) is 10.5 Å². The van der Waals surface area contributed by atoms with Gasteiger partial charge in [0.15, 0.2) is 0 Å². The quantitative estimate of drug-likeness (QED) is 0.657. The van der Waals surface area contributed by atoms with Crippen LogP contribution in [-0.2, 0) is 0 Å². The summed E-state index contributed by atoms with van der Waals surface area (Å²) in [5.41, 5.74) is 4.25. The Hall–Kier alpha value is -0.780. The van der Waals surface area contributed by atoms with Crippen LogP contribution in [-0.4, -0.2) is 9.78 Å². The smallest absolute Gasteiger partial charge is 0.0908 e. The standard InChI is InChI=1S/C13H15Cl3N4/c1-7(2)20-13(11(16)6-18-20)12(19-17)9-5-8(14)3-4-10(9)15/h3-7,12,19H,17H2,1-2H3. The summed E-state index contributed by atoms with van der Waals surface area (Å²) < 4.78 is 1.81. The molecule has 1 unspecified atom stereocenters. The van der Waals surface area contributed by atoms with Gasteiger partial charge in [0.25, 0.3) is 0 Å². The minimum Gasteiger partial charge on any atom is -0.271 e. The van der Waals surface area contributed by atoms with Gasteiger partial charge in [-0.2, -0.15) is 5.10 Å². The van der Waals surface area contributed by atoms with Gasteiger partial charge in [0.2, 0.25) is 0 Å². The molecule has 0 fully saturated rings. The van der Waals surface area contributed by atoms with Gasteiger partial charge in [0.05, 0.1) is 23.0 Å². The van der Waals surface area contributed by atoms with Crippen molar-refractivity contribution >= 4 is 34.8 Å². The summed E-state index contributed by atoms with van der Waals surface area (Å²) in [4.78, 5) is 0. The Balaban J connectivity index is 2.58. The average molecular weight is 334 g/mol. The lowest BCUT2D eigenvalue weighted by molar-refractivity contribution is 0.476. The fraction of sp³-hybridized carbons (Fsp3) is 0.308. The van der Waals surface area contributed by atoms with E-state index in [0.717, 1.165) is 11.3 Å². The summed E-state index contributed by atoms with van der Waals surface area (Å²) in [5.74, 6) is 5.70. The van der Waals surface area contributed by atoms with Crippen LogP contribution in [0.5, 0.6) is 0 Å². The van der Waals surface area contributed by atoms with Crippen molar-refractivity contribution in [3.63, 3.8) is 0 Å². The summed E-state index contributed by atoms with van der Waals surface area (Å²) in [6, 6.07) is 4.98. The molecule has 0 aliphatic heterocycles. The molecule has 108 valence electrons. The van der Waals surface area contributed by atoms with Gasteiger partial charge in [-0.15, -0.1) is 0 Å². The number of halogens is 3. The number of nitrogens with two attached hydrogens (primary N) is 1. The number of hydrogen-bond donors (Lipinski definition) is 2. The highest BCUT2D eigenvalue weighted by Crippen LogP contribution is 2.34. The summed E-state index contributed by atoms with van der Waals surface area (Å²) in [5, 5.41) is 5.94. The first kappa shape index (κ1) is 15.6. The molecule has 1 heterocycles. The maximum Gasteiger partial charge on any atom is 0.0908 e. The van der Waals surface area contributed by atoms with Crippen LogP contribution in [0.3, 0.4) is 0 Å². The minimum absolute atomic E-state index is 0.145. The van der Waals surface area contributed by atoms with Crippen molar-refractivity contribution in [2.75, 3.05) is 0 Å². The molecule has 3 N–H and O–H groups in total. The third-order valence-electron chi connectivity index (χ3n) is 2.99. The van der Waals surface area contributed by atoms with E-state index < -0.39 is 6.04 Å². The number of rotatable bonds is 4. The molecule has 1 atom stereocenters. The number of nitrogens with zero attached hydrogens (tertiary/aromatic N) is 2. The molecule has 0 saturated heterocycles. The molecule has 0 spiro atoms. The average Bonchev–Trinajstić information content (AvgIpc) is 2.77. The Morgan fingerprint density at radius 2 is 1.90 bits per heavy atom. The van der Waals surface area contributed by atoms with Crippen molar-refractivity contribution in [1.82, 2.24) is 15.2 Å². The third kappa shape index (κ3) is 2.95. The molecule has 7 heteroatoms. The molecular weight excluding hydrogens is 319 g/mol. The monoisotopic (exact) mass is 332 g/mol. The molecular formula is C13H15Cl3N4. The Morgan fingerprint density at radius 1 is 1.20 bits per heavy atom. The summed E-state index contributed by atoms with van der Waals surface area (Å²) in [6.07, 6.45) is 1.60. The second kappa shape index (κ2) is 6.33. The molecule has 0 aliphatic carbocycles. The fourth-order valence-electron chi connectivity index (χ4n) is 2.08. The highest BCUT2D eigenvalue weighted by molar-refractivity contribution is 6.34. The maximum atomic E-state index is 6.25. The molecule has 1 aromatic heterocycles. The van der Waals surface area contributed by atoms with Crippen molar-refractivity contribution in [3.8, 4) is 0 Å². The largest absolute Gasteiger partial charge is 0.271 e. The maximum absolute atomic E-state index is 6.25. The van der Waals surface area contributed by atoms with E-state index in [4.69, 9.17) is 40.6 Å².